The Balaban J connectivity index is 2.19. The largest absolute Gasteiger partial charge is 0.316 e. The van der Waals surface area contributed by atoms with Gasteiger partial charge < -0.3 is 5.32 Å². The molecule has 0 aliphatic heterocycles. The highest BCUT2D eigenvalue weighted by Crippen LogP contribution is 2.15. The molecule has 0 atom stereocenters. The van der Waals surface area contributed by atoms with Crippen LogP contribution in [0, 0.1) is 0 Å². The molecular formula is C12H15N3O2S2. The van der Waals surface area contributed by atoms with Gasteiger partial charge in [0, 0.05) is 11.9 Å². The van der Waals surface area contributed by atoms with Crippen LogP contribution in [0.15, 0.2) is 40.1 Å². The minimum absolute atomic E-state index is 0.208. The molecule has 0 saturated heterocycles. The van der Waals surface area contributed by atoms with Crippen molar-refractivity contribution < 1.29 is 8.42 Å². The van der Waals surface area contributed by atoms with Gasteiger partial charge in [0.25, 0.3) is 0 Å². The van der Waals surface area contributed by atoms with Gasteiger partial charge in [-0.1, -0.05) is 18.2 Å². The number of thiazole rings is 1. The van der Waals surface area contributed by atoms with Crippen LogP contribution in [0.5, 0.6) is 0 Å². The maximum Gasteiger partial charge on any atom is 0.241 e. The van der Waals surface area contributed by atoms with Gasteiger partial charge in [-0.05, 0) is 18.7 Å². The Morgan fingerprint density at radius 3 is 2.74 bits per heavy atom. The van der Waals surface area contributed by atoms with E-state index in [9.17, 15) is 8.42 Å². The lowest BCUT2D eigenvalue weighted by atomic mass is 10.2. The summed E-state index contributed by atoms with van der Waals surface area (Å²) in [6, 6.07) is 6.95. The molecular weight excluding hydrogens is 282 g/mol. The summed E-state index contributed by atoms with van der Waals surface area (Å²) in [5.74, 6) is 0. The smallest absolute Gasteiger partial charge is 0.241 e. The van der Waals surface area contributed by atoms with Gasteiger partial charge in [0.15, 0.2) is 0 Å². The molecule has 5 nitrogen and oxygen atoms in total. The fourth-order valence-corrected chi connectivity index (χ4v) is 3.47. The van der Waals surface area contributed by atoms with Crippen LogP contribution in [0.2, 0.25) is 0 Å². The van der Waals surface area contributed by atoms with Crippen molar-refractivity contribution in [3.8, 4) is 0 Å². The summed E-state index contributed by atoms with van der Waals surface area (Å²) < 4.78 is 27.1. The van der Waals surface area contributed by atoms with Gasteiger partial charge in [-0.2, -0.15) is 0 Å². The fourth-order valence-electron chi connectivity index (χ4n) is 1.67. The van der Waals surface area contributed by atoms with Crippen LogP contribution in [0.3, 0.4) is 0 Å². The number of rotatable bonds is 6. The number of hydrogen-bond acceptors (Lipinski definition) is 5. The normalized spacial score (nSPS) is 11.6. The molecule has 1 aromatic heterocycles. The van der Waals surface area contributed by atoms with E-state index in [1.807, 2.05) is 11.4 Å². The van der Waals surface area contributed by atoms with Crippen LogP contribution in [0.1, 0.15) is 11.3 Å². The van der Waals surface area contributed by atoms with E-state index < -0.39 is 10.0 Å². The van der Waals surface area contributed by atoms with Crippen molar-refractivity contribution >= 4 is 21.4 Å². The number of aromatic nitrogens is 1. The van der Waals surface area contributed by atoms with Crippen molar-refractivity contribution in [2.75, 3.05) is 7.05 Å². The van der Waals surface area contributed by atoms with E-state index in [1.165, 1.54) is 11.3 Å². The van der Waals surface area contributed by atoms with Crippen LogP contribution in [-0.4, -0.2) is 20.4 Å². The Bertz CT molecular complexity index is 624. The van der Waals surface area contributed by atoms with E-state index in [1.54, 1.807) is 30.8 Å². The lowest BCUT2D eigenvalue weighted by Gasteiger charge is -2.10. The minimum atomic E-state index is -3.51. The van der Waals surface area contributed by atoms with E-state index in [2.05, 4.69) is 15.0 Å². The average Bonchev–Trinajstić information content (AvgIpc) is 2.91. The van der Waals surface area contributed by atoms with E-state index >= 15 is 0 Å². The van der Waals surface area contributed by atoms with Crippen LogP contribution >= 0.6 is 11.3 Å². The van der Waals surface area contributed by atoms with E-state index in [0.717, 1.165) is 11.3 Å². The Morgan fingerprint density at radius 2 is 2.05 bits per heavy atom. The molecule has 19 heavy (non-hydrogen) atoms. The molecule has 0 aliphatic carbocycles. The molecule has 0 spiro atoms. The lowest BCUT2D eigenvalue weighted by Crippen LogP contribution is -2.25. The molecule has 0 fully saturated rings. The van der Waals surface area contributed by atoms with Crippen LogP contribution in [-0.2, 0) is 23.1 Å². The van der Waals surface area contributed by atoms with E-state index in [-0.39, 0.29) is 6.54 Å². The zero-order chi connectivity index (χ0) is 13.7. The first kappa shape index (κ1) is 14.1. The van der Waals surface area contributed by atoms with Crippen molar-refractivity contribution in [3.63, 3.8) is 0 Å². The third-order valence-corrected chi connectivity index (χ3v) is 4.69. The molecule has 1 aromatic carbocycles. The van der Waals surface area contributed by atoms with Gasteiger partial charge in [-0.25, -0.2) is 18.1 Å². The third kappa shape index (κ3) is 3.60. The number of nitrogens with zero attached hydrogens (tertiary/aromatic N) is 1. The standard InChI is InChI=1S/C12H15N3O2S2/c1-13-6-10-4-2-3-5-12(10)19(16,17)15-7-11-8-18-9-14-11/h2-5,8-9,13,15H,6-7H2,1H3. The summed E-state index contributed by atoms with van der Waals surface area (Å²) in [6.07, 6.45) is 0. The van der Waals surface area contributed by atoms with Gasteiger partial charge >= 0.3 is 0 Å². The number of benzene rings is 1. The number of sulfonamides is 1. The molecule has 1 heterocycles. The van der Waals surface area contributed by atoms with Crippen LogP contribution in [0.4, 0.5) is 0 Å². The third-order valence-electron chi connectivity index (χ3n) is 2.56. The molecule has 2 rings (SSSR count). The molecule has 2 aromatic rings. The monoisotopic (exact) mass is 297 g/mol. The summed E-state index contributed by atoms with van der Waals surface area (Å²) in [7, 11) is -1.73. The molecule has 2 N–H and O–H groups in total. The summed E-state index contributed by atoms with van der Waals surface area (Å²) in [4.78, 5) is 4.36. The zero-order valence-corrected chi connectivity index (χ0v) is 12.1. The Hall–Kier alpha value is -1.28. The second-order valence-electron chi connectivity index (χ2n) is 3.94. The molecule has 7 heteroatoms. The average molecular weight is 297 g/mol. The molecule has 0 amide bonds. The first-order valence-corrected chi connectivity index (χ1v) is 8.15. The minimum Gasteiger partial charge on any atom is -0.316 e. The van der Waals surface area contributed by atoms with Crippen molar-refractivity contribution in [3.05, 3.63) is 46.4 Å². The van der Waals surface area contributed by atoms with E-state index in [4.69, 9.17) is 0 Å². The maximum absolute atomic E-state index is 12.3. The van der Waals surface area contributed by atoms with E-state index in [0.29, 0.717) is 11.4 Å². The Morgan fingerprint density at radius 1 is 1.26 bits per heavy atom. The highest BCUT2D eigenvalue weighted by atomic mass is 32.2. The Labute approximate surface area is 116 Å². The zero-order valence-electron chi connectivity index (χ0n) is 10.5. The van der Waals surface area contributed by atoms with Gasteiger partial charge in [0.05, 0.1) is 22.6 Å². The van der Waals surface area contributed by atoms with Crippen LogP contribution < -0.4 is 10.0 Å². The predicted molar refractivity (Wildman–Crippen MR) is 75.3 cm³/mol. The maximum atomic E-state index is 12.3. The molecule has 102 valence electrons. The highest BCUT2D eigenvalue weighted by Gasteiger charge is 2.17. The van der Waals surface area contributed by atoms with Gasteiger partial charge in [-0.15, -0.1) is 11.3 Å². The highest BCUT2D eigenvalue weighted by molar-refractivity contribution is 7.89. The molecule has 0 aliphatic rings. The fraction of sp³-hybridized carbons (Fsp3) is 0.250. The Kier molecular flexibility index (Phi) is 4.65. The quantitative estimate of drug-likeness (QED) is 0.844. The van der Waals surface area contributed by atoms with Crippen molar-refractivity contribution in [1.82, 2.24) is 15.0 Å². The van der Waals surface area contributed by atoms with Crippen molar-refractivity contribution in [1.29, 1.82) is 0 Å². The number of hydrogen-bond donors (Lipinski definition) is 2. The first-order chi connectivity index (χ1) is 9.13. The van der Waals surface area contributed by atoms with Gasteiger partial charge in [0.1, 0.15) is 0 Å². The molecule has 0 saturated carbocycles. The SMILES string of the molecule is CNCc1ccccc1S(=O)(=O)NCc1cscn1. The van der Waals surface area contributed by atoms with Gasteiger partial charge in [0.2, 0.25) is 10.0 Å². The van der Waals surface area contributed by atoms with Crippen molar-refractivity contribution in [2.45, 2.75) is 18.0 Å². The second kappa shape index (κ2) is 6.25. The molecule has 0 radical (unpaired) electrons. The van der Waals surface area contributed by atoms with Crippen molar-refractivity contribution in [2.24, 2.45) is 0 Å². The molecule has 0 unspecified atom stereocenters. The summed E-state index contributed by atoms with van der Waals surface area (Å²) in [6.45, 7) is 0.716. The molecule has 0 bridgehead atoms. The summed E-state index contributed by atoms with van der Waals surface area (Å²) >= 11 is 1.44. The number of nitrogens with one attached hydrogen (secondary N) is 2. The first-order valence-electron chi connectivity index (χ1n) is 5.73. The lowest BCUT2D eigenvalue weighted by molar-refractivity contribution is 0.578. The second-order valence-corrected chi connectivity index (χ2v) is 6.40. The van der Waals surface area contributed by atoms with Crippen LogP contribution in [0.25, 0.3) is 0 Å². The summed E-state index contributed by atoms with van der Waals surface area (Å²) in [5.41, 5.74) is 3.15. The predicted octanol–water partition coefficient (Wildman–Crippen LogP) is 1.34. The van der Waals surface area contributed by atoms with Gasteiger partial charge in [-0.3, -0.25) is 0 Å². The topological polar surface area (TPSA) is 71.1 Å². The summed E-state index contributed by atoms with van der Waals surface area (Å²) in [5, 5.41) is 4.78.